The van der Waals surface area contributed by atoms with Gasteiger partial charge >= 0.3 is 0 Å². The Labute approximate surface area is 127 Å². The van der Waals surface area contributed by atoms with E-state index in [0.717, 1.165) is 28.9 Å². The van der Waals surface area contributed by atoms with Gasteiger partial charge in [-0.3, -0.25) is 0 Å². The normalized spacial score (nSPS) is 9.85. The minimum Gasteiger partial charge on any atom is -0.370 e. The molecule has 0 saturated carbocycles. The van der Waals surface area contributed by atoms with Crippen molar-refractivity contribution in [1.82, 2.24) is 4.98 Å². The maximum absolute atomic E-state index is 9.15. The number of aromatic nitrogens is 1. The summed E-state index contributed by atoms with van der Waals surface area (Å²) in [4.78, 5) is 4.46. The molecule has 0 bridgehead atoms. The summed E-state index contributed by atoms with van der Waals surface area (Å²) in [5.74, 6) is 1.54. The third-order valence-electron chi connectivity index (χ3n) is 2.67. The van der Waals surface area contributed by atoms with Crippen LogP contribution in [-0.2, 0) is 0 Å². The second kappa shape index (κ2) is 6.92. The number of benzene rings is 1. The molecule has 2 rings (SSSR count). The molecule has 0 aliphatic carbocycles. The number of hydrogen-bond donors (Lipinski definition) is 2. The third kappa shape index (κ3) is 3.72. The van der Waals surface area contributed by atoms with Crippen LogP contribution in [0.25, 0.3) is 0 Å². The summed E-state index contributed by atoms with van der Waals surface area (Å²) in [6, 6.07) is 13.4. The van der Waals surface area contributed by atoms with Gasteiger partial charge < -0.3 is 10.6 Å². The molecular formula is C15H15BrN4. The smallest absolute Gasteiger partial charge is 0.132 e. The van der Waals surface area contributed by atoms with Gasteiger partial charge in [-0.15, -0.1) is 0 Å². The Kier molecular flexibility index (Phi) is 4.97. The average Bonchev–Trinajstić information content (AvgIpc) is 2.47. The third-order valence-corrected chi connectivity index (χ3v) is 3.16. The topological polar surface area (TPSA) is 60.7 Å². The fourth-order valence-electron chi connectivity index (χ4n) is 1.71. The summed E-state index contributed by atoms with van der Waals surface area (Å²) in [6.07, 6.45) is 1.05. The van der Waals surface area contributed by atoms with E-state index in [0.29, 0.717) is 11.4 Å². The number of pyridine rings is 1. The maximum atomic E-state index is 9.15. The Bertz CT molecular complexity index is 634. The maximum Gasteiger partial charge on any atom is 0.132 e. The molecule has 0 amide bonds. The minimum absolute atomic E-state index is 0.577. The largest absolute Gasteiger partial charge is 0.370 e. The molecular weight excluding hydrogens is 316 g/mol. The summed E-state index contributed by atoms with van der Waals surface area (Å²) >= 11 is 3.36. The zero-order valence-electron chi connectivity index (χ0n) is 11.2. The van der Waals surface area contributed by atoms with Gasteiger partial charge in [0.15, 0.2) is 0 Å². The number of nitrogens with one attached hydrogen (secondary N) is 2. The van der Waals surface area contributed by atoms with Gasteiger partial charge in [0.1, 0.15) is 17.7 Å². The quantitative estimate of drug-likeness (QED) is 0.858. The Morgan fingerprint density at radius 2 is 2.05 bits per heavy atom. The van der Waals surface area contributed by atoms with E-state index in [9.17, 15) is 0 Å². The van der Waals surface area contributed by atoms with Gasteiger partial charge in [0.05, 0.1) is 11.3 Å². The van der Waals surface area contributed by atoms with E-state index in [-0.39, 0.29) is 0 Å². The predicted octanol–water partition coefficient (Wildman–Crippen LogP) is 4.28. The van der Waals surface area contributed by atoms with E-state index in [1.165, 1.54) is 0 Å². The summed E-state index contributed by atoms with van der Waals surface area (Å²) in [7, 11) is 0. The van der Waals surface area contributed by atoms with Crippen molar-refractivity contribution >= 4 is 33.3 Å². The lowest BCUT2D eigenvalue weighted by atomic mass is 10.2. The molecule has 0 aliphatic rings. The van der Waals surface area contributed by atoms with Gasteiger partial charge in [0.25, 0.3) is 0 Å². The van der Waals surface area contributed by atoms with E-state index in [4.69, 9.17) is 5.26 Å². The van der Waals surface area contributed by atoms with Crippen molar-refractivity contribution in [2.75, 3.05) is 17.2 Å². The second-order valence-electron chi connectivity index (χ2n) is 4.26. The van der Waals surface area contributed by atoms with E-state index in [1.807, 2.05) is 30.3 Å². The van der Waals surface area contributed by atoms with Crippen LogP contribution in [0.1, 0.15) is 18.9 Å². The Morgan fingerprint density at radius 3 is 2.80 bits per heavy atom. The van der Waals surface area contributed by atoms with Crippen LogP contribution in [0.5, 0.6) is 0 Å². The molecule has 102 valence electrons. The van der Waals surface area contributed by atoms with Gasteiger partial charge in [-0.25, -0.2) is 4.98 Å². The van der Waals surface area contributed by atoms with Gasteiger partial charge in [-0.05, 0) is 36.8 Å². The van der Waals surface area contributed by atoms with Crippen LogP contribution in [0.4, 0.5) is 17.3 Å². The predicted molar refractivity (Wildman–Crippen MR) is 85.2 cm³/mol. The molecule has 5 heteroatoms. The fraction of sp³-hybridized carbons (Fsp3) is 0.200. The highest BCUT2D eigenvalue weighted by atomic mass is 79.9. The lowest BCUT2D eigenvalue weighted by molar-refractivity contribution is 0.970. The zero-order chi connectivity index (χ0) is 14.4. The van der Waals surface area contributed by atoms with Crippen LogP contribution in [0, 0.1) is 11.3 Å². The molecule has 0 unspecified atom stereocenters. The Hall–Kier alpha value is -2.06. The number of halogens is 1. The average molecular weight is 331 g/mol. The monoisotopic (exact) mass is 330 g/mol. The van der Waals surface area contributed by atoms with E-state index in [2.05, 4.69) is 44.5 Å². The molecule has 0 spiro atoms. The van der Waals surface area contributed by atoms with E-state index in [1.54, 1.807) is 6.07 Å². The lowest BCUT2D eigenvalue weighted by Gasteiger charge is -2.10. The molecule has 0 saturated heterocycles. The van der Waals surface area contributed by atoms with Crippen LogP contribution in [-0.4, -0.2) is 11.5 Å². The van der Waals surface area contributed by atoms with Crippen molar-refractivity contribution in [3.8, 4) is 6.07 Å². The van der Waals surface area contributed by atoms with Crippen LogP contribution < -0.4 is 10.6 Å². The fourth-order valence-corrected chi connectivity index (χ4v) is 2.07. The Balaban J connectivity index is 2.20. The first-order chi connectivity index (χ1) is 9.72. The van der Waals surface area contributed by atoms with Crippen molar-refractivity contribution < 1.29 is 0 Å². The summed E-state index contributed by atoms with van der Waals surface area (Å²) in [6.45, 7) is 2.99. The van der Waals surface area contributed by atoms with Crippen molar-refractivity contribution in [3.05, 3.63) is 46.4 Å². The zero-order valence-corrected chi connectivity index (χ0v) is 12.7. The first-order valence-electron chi connectivity index (χ1n) is 6.40. The highest BCUT2D eigenvalue weighted by Gasteiger charge is 2.04. The molecule has 1 aromatic carbocycles. The summed E-state index contributed by atoms with van der Waals surface area (Å²) < 4.78 is 0.880. The molecule has 0 fully saturated rings. The van der Waals surface area contributed by atoms with Crippen molar-refractivity contribution in [2.45, 2.75) is 13.3 Å². The first kappa shape index (κ1) is 14.4. The highest BCUT2D eigenvalue weighted by Crippen LogP contribution is 2.23. The van der Waals surface area contributed by atoms with Crippen LogP contribution in [0.2, 0.25) is 0 Å². The molecule has 0 atom stereocenters. The van der Waals surface area contributed by atoms with Crippen molar-refractivity contribution in [3.63, 3.8) is 0 Å². The number of anilines is 3. The van der Waals surface area contributed by atoms with Crippen LogP contribution in [0.3, 0.4) is 0 Å². The SMILES string of the molecule is CCCNc1cccc(Nc2ccc(Br)cc2C#N)n1. The molecule has 1 heterocycles. The van der Waals surface area contributed by atoms with Gasteiger partial charge in [-0.1, -0.05) is 28.9 Å². The molecule has 0 aliphatic heterocycles. The van der Waals surface area contributed by atoms with Gasteiger partial charge in [0, 0.05) is 11.0 Å². The van der Waals surface area contributed by atoms with Crippen molar-refractivity contribution in [2.24, 2.45) is 0 Å². The first-order valence-corrected chi connectivity index (χ1v) is 7.20. The molecule has 0 radical (unpaired) electrons. The highest BCUT2D eigenvalue weighted by molar-refractivity contribution is 9.10. The molecule has 1 aromatic heterocycles. The number of hydrogen-bond acceptors (Lipinski definition) is 4. The second-order valence-corrected chi connectivity index (χ2v) is 5.18. The van der Waals surface area contributed by atoms with Crippen LogP contribution in [0.15, 0.2) is 40.9 Å². The van der Waals surface area contributed by atoms with Gasteiger partial charge in [-0.2, -0.15) is 5.26 Å². The van der Waals surface area contributed by atoms with E-state index >= 15 is 0 Å². The van der Waals surface area contributed by atoms with Gasteiger partial charge in [0.2, 0.25) is 0 Å². The molecule has 2 N–H and O–H groups in total. The molecule has 2 aromatic rings. The minimum atomic E-state index is 0.577. The number of rotatable bonds is 5. The lowest BCUT2D eigenvalue weighted by Crippen LogP contribution is -2.03. The van der Waals surface area contributed by atoms with E-state index < -0.39 is 0 Å². The van der Waals surface area contributed by atoms with Crippen LogP contribution >= 0.6 is 15.9 Å². The Morgan fingerprint density at radius 1 is 1.25 bits per heavy atom. The van der Waals surface area contributed by atoms with Crippen molar-refractivity contribution in [1.29, 1.82) is 5.26 Å². The number of nitrogens with zero attached hydrogens (tertiary/aromatic N) is 2. The molecule has 4 nitrogen and oxygen atoms in total. The summed E-state index contributed by atoms with van der Waals surface area (Å²) in [5, 5.41) is 15.6. The number of nitriles is 1. The standard InChI is InChI=1S/C15H15BrN4/c1-2-8-18-14-4-3-5-15(20-14)19-13-7-6-12(16)9-11(13)10-17/h3-7,9H,2,8H2,1H3,(H2,18,19,20). The summed E-state index contributed by atoms with van der Waals surface area (Å²) in [5.41, 5.74) is 1.32. The molecule has 20 heavy (non-hydrogen) atoms.